The highest BCUT2D eigenvalue weighted by atomic mass is 16.5. The third-order valence-corrected chi connectivity index (χ3v) is 2.05. The fourth-order valence-electron chi connectivity index (χ4n) is 1.30. The van der Waals surface area contributed by atoms with E-state index >= 15 is 0 Å². The van der Waals surface area contributed by atoms with Crippen LogP contribution in [0.1, 0.15) is 25.8 Å². The lowest BCUT2D eigenvalue weighted by atomic mass is 10.1. The molecule has 3 heteroatoms. The molecule has 0 saturated heterocycles. The van der Waals surface area contributed by atoms with Crippen molar-refractivity contribution in [2.24, 2.45) is 0 Å². The lowest BCUT2D eigenvalue weighted by molar-refractivity contribution is -0.142. The molecule has 16 heavy (non-hydrogen) atoms. The summed E-state index contributed by atoms with van der Waals surface area (Å²) in [7, 11) is 0. The average Bonchev–Trinajstić information content (AvgIpc) is 2.28. The lowest BCUT2D eigenvalue weighted by Crippen LogP contribution is -2.07. The molecule has 0 aliphatic carbocycles. The summed E-state index contributed by atoms with van der Waals surface area (Å²) in [6.45, 7) is 5.02. The second-order valence-electron chi connectivity index (χ2n) is 3.47. The Morgan fingerprint density at radius 3 is 2.44 bits per heavy atom. The number of carbonyl (C=O) groups is 1. The molecule has 1 rings (SSSR count). The van der Waals surface area contributed by atoms with Gasteiger partial charge >= 0.3 is 5.97 Å². The van der Waals surface area contributed by atoms with Gasteiger partial charge in [-0.3, -0.25) is 4.79 Å². The van der Waals surface area contributed by atoms with Crippen LogP contribution in [0.5, 0.6) is 5.75 Å². The minimum atomic E-state index is -0.190. The van der Waals surface area contributed by atoms with Crippen LogP contribution >= 0.6 is 0 Å². The van der Waals surface area contributed by atoms with Crippen molar-refractivity contribution in [3.63, 3.8) is 0 Å². The molecule has 0 amide bonds. The van der Waals surface area contributed by atoms with Gasteiger partial charge in [-0.15, -0.1) is 0 Å². The number of esters is 1. The van der Waals surface area contributed by atoms with Crippen molar-refractivity contribution in [2.75, 3.05) is 13.2 Å². The Balaban J connectivity index is 2.47. The number of rotatable bonds is 6. The van der Waals surface area contributed by atoms with E-state index in [0.717, 1.165) is 24.3 Å². The van der Waals surface area contributed by atoms with E-state index in [1.54, 1.807) is 6.92 Å². The summed E-state index contributed by atoms with van der Waals surface area (Å²) < 4.78 is 10.3. The number of hydrogen-bond donors (Lipinski definition) is 0. The van der Waals surface area contributed by atoms with Crippen LogP contribution in [-0.4, -0.2) is 19.2 Å². The first-order valence-electron chi connectivity index (χ1n) is 5.63. The van der Waals surface area contributed by atoms with E-state index < -0.39 is 0 Å². The molecular formula is C13H18O3. The van der Waals surface area contributed by atoms with E-state index in [9.17, 15) is 4.79 Å². The van der Waals surface area contributed by atoms with E-state index in [1.807, 2.05) is 24.3 Å². The van der Waals surface area contributed by atoms with Crippen molar-refractivity contribution in [1.29, 1.82) is 0 Å². The molecule has 0 radical (unpaired) electrons. The normalized spacial score (nSPS) is 9.88. The second-order valence-corrected chi connectivity index (χ2v) is 3.47. The van der Waals surface area contributed by atoms with Crippen LogP contribution < -0.4 is 4.74 Å². The minimum absolute atomic E-state index is 0.190. The molecule has 0 bridgehead atoms. The molecule has 0 atom stereocenters. The maximum atomic E-state index is 11.2. The molecule has 0 N–H and O–H groups in total. The zero-order valence-corrected chi connectivity index (χ0v) is 9.86. The van der Waals surface area contributed by atoms with Gasteiger partial charge in [0, 0.05) is 0 Å². The Morgan fingerprint density at radius 1 is 1.19 bits per heavy atom. The standard InChI is InChI=1S/C13H18O3/c1-3-9-16-12-7-5-11(6-8-12)10-13(14)15-4-2/h5-8H,3-4,9-10H2,1-2H3. The van der Waals surface area contributed by atoms with Gasteiger partial charge in [-0.1, -0.05) is 19.1 Å². The molecule has 0 unspecified atom stereocenters. The molecule has 0 spiro atoms. The van der Waals surface area contributed by atoms with E-state index in [0.29, 0.717) is 13.0 Å². The summed E-state index contributed by atoms with van der Waals surface area (Å²) in [5.41, 5.74) is 0.947. The Morgan fingerprint density at radius 2 is 1.88 bits per heavy atom. The fourth-order valence-corrected chi connectivity index (χ4v) is 1.30. The predicted octanol–water partition coefficient (Wildman–Crippen LogP) is 2.58. The van der Waals surface area contributed by atoms with Gasteiger partial charge in [0.2, 0.25) is 0 Å². The summed E-state index contributed by atoms with van der Waals surface area (Å²) in [6, 6.07) is 7.54. The maximum Gasteiger partial charge on any atom is 0.310 e. The summed E-state index contributed by atoms with van der Waals surface area (Å²) in [5, 5.41) is 0. The second kappa shape index (κ2) is 6.88. The van der Waals surface area contributed by atoms with Gasteiger partial charge in [-0.25, -0.2) is 0 Å². The van der Waals surface area contributed by atoms with Gasteiger partial charge in [-0.2, -0.15) is 0 Å². The first-order chi connectivity index (χ1) is 7.76. The summed E-state index contributed by atoms with van der Waals surface area (Å²) in [4.78, 5) is 11.2. The number of ether oxygens (including phenoxy) is 2. The van der Waals surface area contributed by atoms with Crippen LogP contribution in [0.3, 0.4) is 0 Å². The fraction of sp³-hybridized carbons (Fsp3) is 0.462. The van der Waals surface area contributed by atoms with Crippen LogP contribution in [0.2, 0.25) is 0 Å². The van der Waals surface area contributed by atoms with Gasteiger partial charge in [0.05, 0.1) is 19.6 Å². The maximum absolute atomic E-state index is 11.2. The molecule has 1 aromatic rings. The summed E-state index contributed by atoms with van der Waals surface area (Å²) in [5.74, 6) is 0.652. The van der Waals surface area contributed by atoms with E-state index in [4.69, 9.17) is 9.47 Å². The van der Waals surface area contributed by atoms with Crippen molar-refractivity contribution in [1.82, 2.24) is 0 Å². The van der Waals surface area contributed by atoms with Crippen LogP contribution in [-0.2, 0) is 16.0 Å². The topological polar surface area (TPSA) is 35.5 Å². The SMILES string of the molecule is CCCOc1ccc(CC(=O)OCC)cc1. The lowest BCUT2D eigenvalue weighted by Gasteiger charge is -2.05. The number of carbonyl (C=O) groups excluding carboxylic acids is 1. The highest BCUT2D eigenvalue weighted by Crippen LogP contribution is 2.13. The van der Waals surface area contributed by atoms with Gasteiger partial charge < -0.3 is 9.47 Å². The molecular weight excluding hydrogens is 204 g/mol. The number of hydrogen-bond acceptors (Lipinski definition) is 3. The highest BCUT2D eigenvalue weighted by Gasteiger charge is 2.03. The quantitative estimate of drug-likeness (QED) is 0.694. The van der Waals surface area contributed by atoms with E-state index in [-0.39, 0.29) is 5.97 Å². The van der Waals surface area contributed by atoms with E-state index in [1.165, 1.54) is 0 Å². The van der Waals surface area contributed by atoms with Crippen molar-refractivity contribution in [3.8, 4) is 5.75 Å². The highest BCUT2D eigenvalue weighted by molar-refractivity contribution is 5.72. The van der Waals surface area contributed by atoms with Gasteiger partial charge in [0.15, 0.2) is 0 Å². The summed E-state index contributed by atoms with van der Waals surface area (Å²) in [6.07, 6.45) is 1.31. The zero-order chi connectivity index (χ0) is 11.8. The van der Waals surface area contributed by atoms with Crippen molar-refractivity contribution < 1.29 is 14.3 Å². The van der Waals surface area contributed by atoms with Crippen molar-refractivity contribution in [2.45, 2.75) is 26.7 Å². The predicted molar refractivity (Wildman–Crippen MR) is 62.6 cm³/mol. The first-order valence-corrected chi connectivity index (χ1v) is 5.63. The zero-order valence-electron chi connectivity index (χ0n) is 9.86. The minimum Gasteiger partial charge on any atom is -0.494 e. The largest absolute Gasteiger partial charge is 0.494 e. The van der Waals surface area contributed by atoms with Gasteiger partial charge in [0.25, 0.3) is 0 Å². The Bertz CT molecular complexity index is 316. The molecule has 3 nitrogen and oxygen atoms in total. The molecule has 1 aromatic carbocycles. The molecule has 0 aromatic heterocycles. The third-order valence-electron chi connectivity index (χ3n) is 2.05. The van der Waals surface area contributed by atoms with Crippen LogP contribution in [0.4, 0.5) is 0 Å². The molecule has 0 aliphatic heterocycles. The van der Waals surface area contributed by atoms with Gasteiger partial charge in [0.1, 0.15) is 5.75 Å². The first kappa shape index (κ1) is 12.6. The number of benzene rings is 1. The third kappa shape index (κ3) is 4.34. The molecule has 0 fully saturated rings. The van der Waals surface area contributed by atoms with Crippen LogP contribution in [0.25, 0.3) is 0 Å². The smallest absolute Gasteiger partial charge is 0.310 e. The summed E-state index contributed by atoms with van der Waals surface area (Å²) >= 11 is 0. The Hall–Kier alpha value is -1.51. The van der Waals surface area contributed by atoms with Gasteiger partial charge in [-0.05, 0) is 31.0 Å². The van der Waals surface area contributed by atoms with Crippen molar-refractivity contribution >= 4 is 5.97 Å². The van der Waals surface area contributed by atoms with E-state index in [2.05, 4.69) is 6.92 Å². The van der Waals surface area contributed by atoms with Crippen molar-refractivity contribution in [3.05, 3.63) is 29.8 Å². The average molecular weight is 222 g/mol. The monoisotopic (exact) mass is 222 g/mol. The Labute approximate surface area is 96.4 Å². The van der Waals surface area contributed by atoms with Crippen LogP contribution in [0.15, 0.2) is 24.3 Å². The molecule has 0 saturated carbocycles. The Kier molecular flexibility index (Phi) is 5.40. The molecule has 0 aliphatic rings. The molecule has 0 heterocycles. The van der Waals surface area contributed by atoms with Crippen LogP contribution in [0, 0.1) is 0 Å². The molecule has 88 valence electrons.